The molecule has 0 aliphatic carbocycles. The fraction of sp³-hybridized carbons (Fsp3) is 0.357. The van der Waals surface area contributed by atoms with Gasteiger partial charge >= 0.3 is 0 Å². The second-order valence-electron chi connectivity index (χ2n) is 4.46. The molecule has 0 saturated carbocycles. The van der Waals surface area contributed by atoms with E-state index >= 15 is 0 Å². The van der Waals surface area contributed by atoms with Crippen LogP contribution in [0.1, 0.15) is 27.2 Å². The summed E-state index contributed by atoms with van der Waals surface area (Å²) < 4.78 is 2.22. The highest BCUT2D eigenvalue weighted by molar-refractivity contribution is 9.11. The number of aryl methyl sites for hydroxylation is 2. The van der Waals surface area contributed by atoms with Crippen molar-refractivity contribution in [2.24, 2.45) is 0 Å². The van der Waals surface area contributed by atoms with Crippen molar-refractivity contribution in [3.05, 3.63) is 48.3 Å². The molecule has 0 aliphatic rings. The summed E-state index contributed by atoms with van der Waals surface area (Å²) in [6.07, 6.45) is 0.908. The van der Waals surface area contributed by atoms with Gasteiger partial charge in [0.25, 0.3) is 0 Å². The lowest BCUT2D eigenvalue weighted by Gasteiger charge is -2.17. The lowest BCUT2D eigenvalue weighted by Crippen LogP contribution is -2.19. The van der Waals surface area contributed by atoms with Crippen molar-refractivity contribution in [1.29, 1.82) is 0 Å². The quantitative estimate of drug-likeness (QED) is 0.793. The molecule has 1 aromatic heterocycles. The minimum Gasteiger partial charge on any atom is -0.313 e. The van der Waals surface area contributed by atoms with Crippen LogP contribution in [-0.2, 0) is 6.42 Å². The van der Waals surface area contributed by atoms with Crippen LogP contribution < -0.4 is 5.32 Å². The van der Waals surface area contributed by atoms with Gasteiger partial charge in [0.15, 0.2) is 0 Å². The van der Waals surface area contributed by atoms with E-state index in [2.05, 4.69) is 68.1 Å². The Morgan fingerprint density at radius 2 is 2.05 bits per heavy atom. The normalized spacial score (nSPS) is 12.7. The van der Waals surface area contributed by atoms with Crippen LogP contribution in [0.25, 0.3) is 0 Å². The molecule has 5 heteroatoms. The second kappa shape index (κ2) is 6.48. The van der Waals surface area contributed by atoms with E-state index in [-0.39, 0.29) is 6.04 Å². The number of rotatable bonds is 4. The van der Waals surface area contributed by atoms with E-state index in [0.29, 0.717) is 0 Å². The molecule has 0 bridgehead atoms. The first-order valence-corrected chi connectivity index (χ1v) is 8.46. The zero-order chi connectivity index (χ0) is 14.0. The van der Waals surface area contributed by atoms with Crippen LogP contribution in [-0.4, -0.2) is 12.0 Å². The molecule has 1 heterocycles. The third-order valence-electron chi connectivity index (χ3n) is 3.13. The predicted octanol–water partition coefficient (Wildman–Crippen LogP) is 4.79. The van der Waals surface area contributed by atoms with E-state index < -0.39 is 0 Å². The maximum absolute atomic E-state index is 4.63. The number of hydrogen-bond acceptors (Lipinski definition) is 3. The molecule has 0 saturated heterocycles. The van der Waals surface area contributed by atoms with Gasteiger partial charge in [-0.05, 0) is 44.7 Å². The molecule has 102 valence electrons. The third-order valence-corrected chi connectivity index (χ3v) is 5.44. The van der Waals surface area contributed by atoms with Crippen LogP contribution in [0.15, 0.2) is 27.1 Å². The highest BCUT2D eigenvalue weighted by Crippen LogP contribution is 2.30. The summed E-state index contributed by atoms with van der Waals surface area (Å²) in [5.41, 5.74) is 2.39. The summed E-state index contributed by atoms with van der Waals surface area (Å²) in [4.78, 5) is 5.93. The molecule has 19 heavy (non-hydrogen) atoms. The largest absolute Gasteiger partial charge is 0.313 e. The SMILES string of the molecule is CNC(Cc1nc(C)c(C)s1)c1cc(Br)ccc1Br. The van der Waals surface area contributed by atoms with E-state index in [1.807, 2.05) is 13.1 Å². The Balaban J connectivity index is 2.27. The van der Waals surface area contributed by atoms with Crippen LogP contribution in [0.3, 0.4) is 0 Å². The highest BCUT2D eigenvalue weighted by atomic mass is 79.9. The minimum atomic E-state index is 0.261. The smallest absolute Gasteiger partial charge is 0.0949 e. The third kappa shape index (κ3) is 3.66. The Kier molecular flexibility index (Phi) is 5.17. The second-order valence-corrected chi connectivity index (χ2v) is 7.52. The Hall–Kier alpha value is -0.230. The lowest BCUT2D eigenvalue weighted by molar-refractivity contribution is 0.587. The van der Waals surface area contributed by atoms with Crippen LogP contribution in [0.2, 0.25) is 0 Å². The topological polar surface area (TPSA) is 24.9 Å². The van der Waals surface area contributed by atoms with Crippen molar-refractivity contribution in [1.82, 2.24) is 10.3 Å². The summed E-state index contributed by atoms with van der Waals surface area (Å²) in [5.74, 6) is 0. The molecular formula is C14H16Br2N2S. The highest BCUT2D eigenvalue weighted by Gasteiger charge is 2.16. The molecule has 0 spiro atoms. The van der Waals surface area contributed by atoms with E-state index in [4.69, 9.17) is 0 Å². The maximum Gasteiger partial charge on any atom is 0.0949 e. The summed E-state index contributed by atoms with van der Waals surface area (Å²) in [7, 11) is 1.99. The van der Waals surface area contributed by atoms with Crippen molar-refractivity contribution in [2.75, 3.05) is 7.05 Å². The summed E-state index contributed by atoms with van der Waals surface area (Å²) >= 11 is 8.95. The zero-order valence-corrected chi connectivity index (χ0v) is 15.1. The van der Waals surface area contributed by atoms with Crippen molar-refractivity contribution < 1.29 is 0 Å². The first-order chi connectivity index (χ1) is 9.01. The molecule has 2 aromatic rings. The molecule has 2 rings (SSSR count). The van der Waals surface area contributed by atoms with Gasteiger partial charge in [-0.3, -0.25) is 0 Å². The zero-order valence-electron chi connectivity index (χ0n) is 11.1. The average Bonchev–Trinajstić information content (AvgIpc) is 2.69. The monoisotopic (exact) mass is 402 g/mol. The van der Waals surface area contributed by atoms with Gasteiger partial charge in [0.05, 0.1) is 10.7 Å². The van der Waals surface area contributed by atoms with Gasteiger partial charge in [0, 0.05) is 26.3 Å². The van der Waals surface area contributed by atoms with Crippen molar-refractivity contribution in [3.8, 4) is 0 Å². The predicted molar refractivity (Wildman–Crippen MR) is 88.9 cm³/mol. The number of hydrogen-bond donors (Lipinski definition) is 1. The first-order valence-electron chi connectivity index (χ1n) is 6.06. The summed E-state index contributed by atoms with van der Waals surface area (Å²) in [6.45, 7) is 4.19. The molecule has 1 aromatic carbocycles. The standard InChI is InChI=1S/C14H16Br2N2S/c1-8-9(2)19-14(18-8)7-13(17-3)11-6-10(15)4-5-12(11)16/h4-6,13,17H,7H2,1-3H3. The Bertz CT molecular complexity index is 561. The number of thiazole rings is 1. The van der Waals surface area contributed by atoms with Gasteiger partial charge in [-0.25, -0.2) is 4.98 Å². The van der Waals surface area contributed by atoms with Gasteiger partial charge in [-0.1, -0.05) is 31.9 Å². The van der Waals surface area contributed by atoms with E-state index in [1.54, 1.807) is 11.3 Å². The number of nitrogens with zero attached hydrogens (tertiary/aromatic N) is 1. The number of benzene rings is 1. The average molecular weight is 404 g/mol. The van der Waals surface area contributed by atoms with Crippen LogP contribution >= 0.6 is 43.2 Å². The van der Waals surface area contributed by atoms with Crippen molar-refractivity contribution >= 4 is 43.2 Å². The van der Waals surface area contributed by atoms with E-state index in [1.165, 1.54) is 15.4 Å². The van der Waals surface area contributed by atoms with Crippen LogP contribution in [0.5, 0.6) is 0 Å². The van der Waals surface area contributed by atoms with E-state index in [9.17, 15) is 0 Å². The first kappa shape index (κ1) is 15.2. The van der Waals surface area contributed by atoms with Gasteiger partial charge < -0.3 is 5.32 Å². The molecule has 1 atom stereocenters. The van der Waals surface area contributed by atoms with Crippen LogP contribution in [0.4, 0.5) is 0 Å². The Labute approximate surface area is 134 Å². The van der Waals surface area contributed by atoms with Gasteiger partial charge in [0.2, 0.25) is 0 Å². The number of nitrogens with one attached hydrogen (secondary N) is 1. The number of halogens is 2. The fourth-order valence-electron chi connectivity index (χ4n) is 1.95. The molecule has 0 aliphatic heterocycles. The Morgan fingerprint density at radius 1 is 1.32 bits per heavy atom. The fourth-order valence-corrected chi connectivity index (χ4v) is 3.83. The summed E-state index contributed by atoms with van der Waals surface area (Å²) in [5, 5.41) is 4.56. The van der Waals surface area contributed by atoms with Crippen molar-refractivity contribution in [2.45, 2.75) is 26.3 Å². The molecule has 2 nitrogen and oxygen atoms in total. The van der Waals surface area contributed by atoms with E-state index in [0.717, 1.165) is 21.1 Å². The lowest BCUT2D eigenvalue weighted by atomic mass is 10.0. The van der Waals surface area contributed by atoms with Gasteiger partial charge in [0.1, 0.15) is 0 Å². The van der Waals surface area contributed by atoms with Gasteiger partial charge in [-0.15, -0.1) is 11.3 Å². The summed E-state index contributed by atoms with van der Waals surface area (Å²) in [6, 6.07) is 6.52. The van der Waals surface area contributed by atoms with Crippen molar-refractivity contribution in [3.63, 3.8) is 0 Å². The van der Waals surface area contributed by atoms with Crippen LogP contribution in [0, 0.1) is 13.8 Å². The minimum absolute atomic E-state index is 0.261. The number of likely N-dealkylation sites (N-methyl/N-ethyl adjacent to an activating group) is 1. The molecule has 0 amide bonds. The maximum atomic E-state index is 4.63. The molecular weight excluding hydrogens is 388 g/mol. The molecule has 0 radical (unpaired) electrons. The van der Waals surface area contributed by atoms with Gasteiger partial charge in [-0.2, -0.15) is 0 Å². The molecule has 1 unspecified atom stereocenters. The number of aromatic nitrogens is 1. The molecule has 1 N–H and O–H groups in total. The molecule has 0 fully saturated rings. The Morgan fingerprint density at radius 3 is 2.63 bits per heavy atom.